The van der Waals surface area contributed by atoms with Crippen LogP contribution in [0.5, 0.6) is 0 Å². The third-order valence-corrected chi connectivity index (χ3v) is 2.95. The van der Waals surface area contributed by atoms with E-state index in [1.54, 1.807) is 0 Å². The van der Waals surface area contributed by atoms with E-state index in [2.05, 4.69) is 21.8 Å². The molecule has 1 aromatic rings. The first-order valence-electron chi connectivity index (χ1n) is 5.63. The van der Waals surface area contributed by atoms with Crippen molar-refractivity contribution < 1.29 is 0 Å². The fourth-order valence-corrected chi connectivity index (χ4v) is 2.20. The lowest BCUT2D eigenvalue weighted by Gasteiger charge is -2.25. The fraction of sp³-hybridized carbons (Fsp3) is 0.727. The number of rotatable bonds is 3. The number of hydrogen-bond acceptors (Lipinski definition) is 2. The lowest BCUT2D eigenvalue weighted by atomic mass is 10.1. The van der Waals surface area contributed by atoms with Crippen LogP contribution in [0.2, 0.25) is 0 Å². The van der Waals surface area contributed by atoms with Crippen molar-refractivity contribution in [3.8, 4) is 0 Å². The summed E-state index contributed by atoms with van der Waals surface area (Å²) in [5.74, 6) is 0. The predicted molar refractivity (Wildman–Crippen MR) is 57.4 cm³/mol. The third kappa shape index (κ3) is 1.98. The molecule has 2 rings (SSSR count). The van der Waals surface area contributed by atoms with Gasteiger partial charge in [0.15, 0.2) is 0 Å². The standard InChI is InChI=1S/C11H19N3/c1-2-3-11-8-13-9-14(11)10-4-6-12-7-5-10/h8-10,12H,2-7H2,1H3. The zero-order chi connectivity index (χ0) is 9.80. The summed E-state index contributed by atoms with van der Waals surface area (Å²) in [6.07, 6.45) is 8.87. The Hall–Kier alpha value is -0.830. The molecule has 1 aliphatic heterocycles. The number of imidazole rings is 1. The van der Waals surface area contributed by atoms with Crippen molar-refractivity contribution in [1.29, 1.82) is 0 Å². The molecule has 0 radical (unpaired) electrons. The van der Waals surface area contributed by atoms with Gasteiger partial charge in [0.1, 0.15) is 0 Å². The van der Waals surface area contributed by atoms with Crippen LogP contribution >= 0.6 is 0 Å². The summed E-state index contributed by atoms with van der Waals surface area (Å²) in [4.78, 5) is 4.26. The highest BCUT2D eigenvalue weighted by Crippen LogP contribution is 2.20. The van der Waals surface area contributed by atoms with Gasteiger partial charge in [0.2, 0.25) is 0 Å². The first-order valence-corrected chi connectivity index (χ1v) is 5.63. The lowest BCUT2D eigenvalue weighted by Crippen LogP contribution is -2.29. The zero-order valence-electron chi connectivity index (χ0n) is 8.87. The monoisotopic (exact) mass is 193 g/mol. The van der Waals surface area contributed by atoms with E-state index in [0.29, 0.717) is 6.04 Å². The molecule has 1 aliphatic rings. The molecular weight excluding hydrogens is 174 g/mol. The van der Waals surface area contributed by atoms with E-state index >= 15 is 0 Å². The van der Waals surface area contributed by atoms with Crippen LogP contribution in [-0.2, 0) is 6.42 Å². The van der Waals surface area contributed by atoms with Gasteiger partial charge in [0.05, 0.1) is 6.33 Å². The topological polar surface area (TPSA) is 29.9 Å². The zero-order valence-corrected chi connectivity index (χ0v) is 8.87. The Morgan fingerprint density at radius 2 is 2.29 bits per heavy atom. The van der Waals surface area contributed by atoms with Crippen LogP contribution in [-0.4, -0.2) is 22.6 Å². The van der Waals surface area contributed by atoms with Gasteiger partial charge in [0.25, 0.3) is 0 Å². The summed E-state index contributed by atoms with van der Waals surface area (Å²) in [6.45, 7) is 4.52. The summed E-state index contributed by atoms with van der Waals surface area (Å²) in [6, 6.07) is 0.681. The normalized spacial score (nSPS) is 18.6. The molecule has 0 spiro atoms. The maximum atomic E-state index is 4.26. The van der Waals surface area contributed by atoms with Crippen molar-refractivity contribution in [2.24, 2.45) is 0 Å². The average Bonchev–Trinajstić information content (AvgIpc) is 2.68. The first kappa shape index (κ1) is 9.71. The fourth-order valence-electron chi connectivity index (χ4n) is 2.20. The minimum Gasteiger partial charge on any atom is -0.331 e. The molecule has 0 bridgehead atoms. The first-order chi connectivity index (χ1) is 6.92. The largest absolute Gasteiger partial charge is 0.331 e. The van der Waals surface area contributed by atoms with Crippen LogP contribution in [0.1, 0.15) is 37.9 Å². The summed E-state index contributed by atoms with van der Waals surface area (Å²) < 4.78 is 2.38. The van der Waals surface area contributed by atoms with Gasteiger partial charge in [-0.05, 0) is 32.4 Å². The second-order valence-corrected chi connectivity index (χ2v) is 4.02. The van der Waals surface area contributed by atoms with E-state index in [9.17, 15) is 0 Å². The average molecular weight is 193 g/mol. The van der Waals surface area contributed by atoms with Crippen molar-refractivity contribution in [3.63, 3.8) is 0 Å². The Morgan fingerprint density at radius 3 is 3.00 bits per heavy atom. The van der Waals surface area contributed by atoms with E-state index in [1.807, 2.05) is 12.5 Å². The SMILES string of the molecule is CCCc1cncn1C1CCNCC1. The van der Waals surface area contributed by atoms with Gasteiger partial charge in [-0.15, -0.1) is 0 Å². The Bertz CT molecular complexity index is 274. The molecule has 2 heterocycles. The summed E-state index contributed by atoms with van der Waals surface area (Å²) in [7, 11) is 0. The van der Waals surface area contributed by atoms with Crippen molar-refractivity contribution in [2.45, 2.75) is 38.6 Å². The maximum absolute atomic E-state index is 4.26. The van der Waals surface area contributed by atoms with Gasteiger partial charge in [0, 0.05) is 17.9 Å². The van der Waals surface area contributed by atoms with Crippen molar-refractivity contribution in [1.82, 2.24) is 14.9 Å². The number of aromatic nitrogens is 2. The van der Waals surface area contributed by atoms with E-state index in [0.717, 1.165) is 19.5 Å². The van der Waals surface area contributed by atoms with E-state index in [1.165, 1.54) is 25.0 Å². The number of piperidine rings is 1. The highest BCUT2D eigenvalue weighted by atomic mass is 15.1. The molecule has 14 heavy (non-hydrogen) atoms. The lowest BCUT2D eigenvalue weighted by molar-refractivity contribution is 0.360. The number of nitrogens with zero attached hydrogens (tertiary/aromatic N) is 2. The summed E-state index contributed by atoms with van der Waals surface area (Å²) in [5.41, 5.74) is 1.40. The van der Waals surface area contributed by atoms with Crippen LogP contribution in [0.15, 0.2) is 12.5 Å². The van der Waals surface area contributed by atoms with Crippen molar-refractivity contribution >= 4 is 0 Å². The minimum atomic E-state index is 0.681. The Labute approximate surface area is 85.5 Å². The van der Waals surface area contributed by atoms with Crippen LogP contribution < -0.4 is 5.32 Å². The number of aryl methyl sites for hydroxylation is 1. The maximum Gasteiger partial charge on any atom is 0.0950 e. The predicted octanol–water partition coefficient (Wildman–Crippen LogP) is 1.76. The van der Waals surface area contributed by atoms with Gasteiger partial charge < -0.3 is 9.88 Å². The molecule has 1 N–H and O–H groups in total. The molecule has 3 nitrogen and oxygen atoms in total. The Morgan fingerprint density at radius 1 is 1.50 bits per heavy atom. The number of hydrogen-bond donors (Lipinski definition) is 1. The van der Waals surface area contributed by atoms with Crippen LogP contribution in [0.3, 0.4) is 0 Å². The molecular formula is C11H19N3. The van der Waals surface area contributed by atoms with Crippen molar-refractivity contribution in [2.75, 3.05) is 13.1 Å². The van der Waals surface area contributed by atoms with E-state index in [4.69, 9.17) is 0 Å². The van der Waals surface area contributed by atoms with Crippen molar-refractivity contribution in [3.05, 3.63) is 18.2 Å². The molecule has 1 saturated heterocycles. The van der Waals surface area contributed by atoms with Crippen LogP contribution in [0.4, 0.5) is 0 Å². The molecule has 1 fully saturated rings. The minimum absolute atomic E-state index is 0.681. The quantitative estimate of drug-likeness (QED) is 0.792. The molecule has 78 valence electrons. The second kappa shape index (κ2) is 4.60. The molecule has 1 aromatic heterocycles. The van der Waals surface area contributed by atoms with Crippen LogP contribution in [0.25, 0.3) is 0 Å². The highest BCUT2D eigenvalue weighted by molar-refractivity contribution is 5.01. The van der Waals surface area contributed by atoms with Gasteiger partial charge in [-0.3, -0.25) is 0 Å². The van der Waals surface area contributed by atoms with Gasteiger partial charge in [-0.1, -0.05) is 13.3 Å². The van der Waals surface area contributed by atoms with Gasteiger partial charge in [-0.25, -0.2) is 4.98 Å². The molecule has 0 unspecified atom stereocenters. The molecule has 0 aromatic carbocycles. The molecule has 0 amide bonds. The highest BCUT2D eigenvalue weighted by Gasteiger charge is 2.16. The van der Waals surface area contributed by atoms with Crippen LogP contribution in [0, 0.1) is 0 Å². The molecule has 0 saturated carbocycles. The molecule has 0 aliphatic carbocycles. The summed E-state index contributed by atoms with van der Waals surface area (Å²) >= 11 is 0. The van der Waals surface area contributed by atoms with Gasteiger partial charge in [-0.2, -0.15) is 0 Å². The third-order valence-electron chi connectivity index (χ3n) is 2.95. The Kier molecular flexibility index (Phi) is 3.19. The smallest absolute Gasteiger partial charge is 0.0950 e. The Balaban J connectivity index is 2.09. The molecule has 0 atom stereocenters. The van der Waals surface area contributed by atoms with Gasteiger partial charge >= 0.3 is 0 Å². The number of nitrogens with one attached hydrogen (secondary N) is 1. The second-order valence-electron chi connectivity index (χ2n) is 4.02. The van der Waals surface area contributed by atoms with E-state index < -0.39 is 0 Å². The van der Waals surface area contributed by atoms with E-state index in [-0.39, 0.29) is 0 Å². The summed E-state index contributed by atoms with van der Waals surface area (Å²) in [5, 5.41) is 3.39. The molecule has 3 heteroatoms.